The number of Topliss-reactive ketones (excluding diaryl/α,β-unsaturated/α-hetero) is 1. The molecule has 4 heteroatoms. The molecule has 3 nitrogen and oxygen atoms in total. The first-order valence-corrected chi connectivity index (χ1v) is 2.24. The summed E-state index contributed by atoms with van der Waals surface area (Å²) in [6, 6.07) is 0. The molecule has 54 valence electrons. The van der Waals surface area contributed by atoms with Crippen molar-refractivity contribution in [3.05, 3.63) is 0 Å². The molecule has 3 N–H and O–H groups in total. The molecule has 9 heavy (non-hydrogen) atoms. The Hall–Kier alpha value is -0.354. The SMILES string of the molecule is CC(=N)N.CC(C)=O.[Co+3]. The second-order valence-electron chi connectivity index (χ2n) is 1.59. The number of nitrogens with one attached hydrogen (secondary N) is 1. The van der Waals surface area contributed by atoms with E-state index in [1.807, 2.05) is 0 Å². The fourth-order valence-electron chi connectivity index (χ4n) is 0. The van der Waals surface area contributed by atoms with Crippen LogP contribution in [-0.2, 0) is 21.6 Å². The normalized spacial score (nSPS) is 5.67. The smallest absolute Gasteiger partial charge is 0.388 e. The van der Waals surface area contributed by atoms with Crippen LogP contribution in [-0.4, -0.2) is 11.6 Å². The second kappa shape index (κ2) is 10.6. The molecule has 0 bridgehead atoms. The Morgan fingerprint density at radius 3 is 1.33 bits per heavy atom. The van der Waals surface area contributed by atoms with Crippen LogP contribution in [0.1, 0.15) is 20.8 Å². The van der Waals surface area contributed by atoms with Crippen LogP contribution in [0.25, 0.3) is 0 Å². The third-order valence-electron chi connectivity index (χ3n) is 0. The largest absolute Gasteiger partial charge is 3.00 e. The molecule has 0 heterocycles. The van der Waals surface area contributed by atoms with E-state index < -0.39 is 0 Å². The van der Waals surface area contributed by atoms with E-state index in [1.54, 1.807) is 0 Å². The summed E-state index contributed by atoms with van der Waals surface area (Å²) < 4.78 is 0. The van der Waals surface area contributed by atoms with Gasteiger partial charge in [-0.25, -0.2) is 0 Å². The molecule has 0 atom stereocenters. The second-order valence-corrected chi connectivity index (χ2v) is 1.59. The first-order valence-electron chi connectivity index (χ1n) is 2.24. The number of carbonyl (C=O) groups is 1. The van der Waals surface area contributed by atoms with Crippen LogP contribution < -0.4 is 5.73 Å². The average Bonchev–Trinajstić information content (AvgIpc) is 1.25. The summed E-state index contributed by atoms with van der Waals surface area (Å²) in [7, 11) is 0. The molecule has 0 fully saturated rings. The summed E-state index contributed by atoms with van der Waals surface area (Å²) in [5.41, 5.74) is 4.69. The Balaban J connectivity index is -0.0000000720. The third kappa shape index (κ3) is 1950. The molecule has 0 unspecified atom stereocenters. The minimum Gasteiger partial charge on any atom is -0.388 e. The molecule has 0 amide bonds. The molecule has 0 aliphatic heterocycles. The van der Waals surface area contributed by atoms with Crippen molar-refractivity contribution in [2.75, 3.05) is 0 Å². The van der Waals surface area contributed by atoms with Gasteiger partial charge in [-0.2, -0.15) is 0 Å². The van der Waals surface area contributed by atoms with Gasteiger partial charge < -0.3 is 10.5 Å². The van der Waals surface area contributed by atoms with Gasteiger partial charge in [0.1, 0.15) is 5.78 Å². The van der Waals surface area contributed by atoms with Gasteiger partial charge in [0.2, 0.25) is 0 Å². The van der Waals surface area contributed by atoms with E-state index >= 15 is 0 Å². The topological polar surface area (TPSA) is 66.9 Å². The number of rotatable bonds is 0. The van der Waals surface area contributed by atoms with Gasteiger partial charge in [-0.1, -0.05) is 0 Å². The van der Waals surface area contributed by atoms with Crippen LogP contribution in [0.2, 0.25) is 0 Å². The zero-order chi connectivity index (χ0) is 7.15. The van der Waals surface area contributed by atoms with E-state index in [-0.39, 0.29) is 28.4 Å². The zero-order valence-electron chi connectivity index (χ0n) is 5.82. The van der Waals surface area contributed by atoms with Gasteiger partial charge in [0.05, 0.1) is 5.84 Å². The summed E-state index contributed by atoms with van der Waals surface area (Å²) >= 11 is 0. The van der Waals surface area contributed by atoms with Gasteiger partial charge in [-0.15, -0.1) is 0 Å². The van der Waals surface area contributed by atoms with Gasteiger partial charge in [0.15, 0.2) is 0 Å². The Morgan fingerprint density at radius 2 is 1.33 bits per heavy atom. The van der Waals surface area contributed by atoms with E-state index in [4.69, 9.17) is 11.1 Å². The number of nitrogens with two attached hydrogens (primary N) is 1. The van der Waals surface area contributed by atoms with Crippen LogP contribution in [0.3, 0.4) is 0 Å². The van der Waals surface area contributed by atoms with Crippen molar-refractivity contribution < 1.29 is 21.6 Å². The van der Waals surface area contributed by atoms with Crippen LogP contribution in [0.5, 0.6) is 0 Å². The fourth-order valence-corrected chi connectivity index (χ4v) is 0. The minimum atomic E-state index is 0. The van der Waals surface area contributed by atoms with Gasteiger partial charge in [0, 0.05) is 0 Å². The molecule has 0 saturated carbocycles. The molecular weight excluding hydrogens is 163 g/mol. The molecule has 0 spiro atoms. The third-order valence-corrected chi connectivity index (χ3v) is 0. The Kier molecular flexibility index (Phi) is 18.7. The van der Waals surface area contributed by atoms with E-state index in [1.165, 1.54) is 20.8 Å². The number of hydrogen-bond acceptors (Lipinski definition) is 2. The summed E-state index contributed by atoms with van der Waals surface area (Å²) in [6.45, 7) is 4.58. The van der Waals surface area contributed by atoms with Crippen molar-refractivity contribution in [1.29, 1.82) is 5.41 Å². The Labute approximate surface area is 65.7 Å². The van der Waals surface area contributed by atoms with Gasteiger partial charge in [0.25, 0.3) is 0 Å². The zero-order valence-corrected chi connectivity index (χ0v) is 6.86. The summed E-state index contributed by atoms with van der Waals surface area (Å²) in [5.74, 6) is 0.333. The maximum Gasteiger partial charge on any atom is 3.00 e. The van der Waals surface area contributed by atoms with Crippen LogP contribution in [0, 0.1) is 5.41 Å². The maximum absolute atomic E-state index is 9.44. The number of amidine groups is 1. The molecular formula is C5H12CoN2O+3. The molecule has 0 aliphatic rings. The van der Waals surface area contributed by atoms with Crippen molar-refractivity contribution in [2.45, 2.75) is 20.8 Å². The number of carbonyl (C=O) groups excluding carboxylic acids is 1. The summed E-state index contributed by atoms with van der Waals surface area (Å²) in [6.07, 6.45) is 0. The van der Waals surface area contributed by atoms with E-state index in [0.717, 1.165) is 0 Å². The fraction of sp³-hybridized carbons (Fsp3) is 0.600. The van der Waals surface area contributed by atoms with E-state index in [9.17, 15) is 4.79 Å². The van der Waals surface area contributed by atoms with E-state index in [2.05, 4.69) is 0 Å². The van der Waals surface area contributed by atoms with Crippen molar-refractivity contribution >= 4 is 11.6 Å². The summed E-state index contributed by atoms with van der Waals surface area (Å²) in [5, 5.41) is 6.28. The van der Waals surface area contributed by atoms with Crippen molar-refractivity contribution in [3.63, 3.8) is 0 Å². The predicted molar refractivity (Wildman–Crippen MR) is 33.9 cm³/mol. The van der Waals surface area contributed by atoms with Gasteiger partial charge >= 0.3 is 16.8 Å². The Morgan fingerprint density at radius 1 is 1.33 bits per heavy atom. The molecule has 0 aromatic carbocycles. The van der Waals surface area contributed by atoms with E-state index in [0.29, 0.717) is 0 Å². The number of hydrogen-bond donors (Lipinski definition) is 2. The number of ketones is 1. The van der Waals surface area contributed by atoms with Gasteiger partial charge in [-0.3, -0.25) is 5.41 Å². The van der Waals surface area contributed by atoms with Crippen LogP contribution >= 0.6 is 0 Å². The van der Waals surface area contributed by atoms with Crippen molar-refractivity contribution in [1.82, 2.24) is 0 Å². The molecule has 0 aromatic rings. The standard InChI is InChI=1S/C3H6O.C2H6N2.Co/c1-3(2)4;1-2(3)4;/h1-2H3;1H3,(H3,3,4);/q;;+3. The molecule has 0 aromatic heterocycles. The molecule has 0 saturated heterocycles. The predicted octanol–water partition coefficient (Wildman–Crippen LogP) is 0.535. The minimum absolute atomic E-state index is 0. The Bertz CT molecular complexity index is 73.0. The van der Waals surface area contributed by atoms with Crippen molar-refractivity contribution in [2.24, 2.45) is 5.73 Å². The van der Waals surface area contributed by atoms with Crippen LogP contribution in [0.15, 0.2) is 0 Å². The molecule has 0 radical (unpaired) electrons. The summed E-state index contributed by atoms with van der Waals surface area (Å²) in [4.78, 5) is 9.44. The quantitative estimate of drug-likeness (QED) is 0.416. The maximum atomic E-state index is 9.44. The average molecular weight is 175 g/mol. The molecule has 0 aliphatic carbocycles. The van der Waals surface area contributed by atoms with Crippen molar-refractivity contribution in [3.8, 4) is 0 Å². The first-order chi connectivity index (χ1) is 3.46. The molecule has 0 rings (SSSR count). The van der Waals surface area contributed by atoms with Crippen LogP contribution in [0.4, 0.5) is 0 Å². The first kappa shape index (κ1) is 15.9. The monoisotopic (exact) mass is 175 g/mol. The van der Waals surface area contributed by atoms with Gasteiger partial charge in [-0.05, 0) is 20.8 Å².